The van der Waals surface area contributed by atoms with E-state index in [4.69, 9.17) is 0 Å². The number of hydrogen-bond donors (Lipinski definition) is 1. The van der Waals surface area contributed by atoms with Crippen molar-refractivity contribution in [3.05, 3.63) is 17.2 Å². The van der Waals surface area contributed by atoms with Crippen molar-refractivity contribution in [3.8, 4) is 0 Å². The summed E-state index contributed by atoms with van der Waals surface area (Å²) in [4.78, 5) is 20.7. The first-order valence-corrected chi connectivity index (χ1v) is 7.53. The summed E-state index contributed by atoms with van der Waals surface area (Å²) >= 11 is 0. The summed E-state index contributed by atoms with van der Waals surface area (Å²) in [5.41, 5.74) is 1.62. The Bertz CT molecular complexity index is 516. The highest BCUT2D eigenvalue weighted by Gasteiger charge is 2.34. The molecule has 1 saturated heterocycles. The minimum Gasteiger partial charge on any atom is -0.480 e. The lowest BCUT2D eigenvalue weighted by Gasteiger charge is -2.39. The van der Waals surface area contributed by atoms with Gasteiger partial charge in [0.2, 0.25) is 0 Å². The minimum atomic E-state index is -0.793. The number of carboxylic acids is 1. The number of aromatic nitrogens is 2. The third-order valence-corrected chi connectivity index (χ3v) is 4.48. The number of aryl methyl sites for hydroxylation is 2. The molecule has 1 aliphatic rings. The normalized spacial score (nSPS) is 19.1. The molecule has 1 aromatic rings. The standard InChI is InChI=1S/C15H26N4O2/c1-10(2)18-6-8-19(9-7-18)14(15(20)21)13-11(3)16-12(4)17(13)5/h10,14H,6-9H2,1-5H3,(H,20,21). The van der Waals surface area contributed by atoms with Crippen LogP contribution >= 0.6 is 0 Å². The Kier molecular flexibility index (Phi) is 4.68. The number of nitrogens with zero attached hydrogens (tertiary/aromatic N) is 4. The molecular weight excluding hydrogens is 268 g/mol. The third-order valence-electron chi connectivity index (χ3n) is 4.48. The summed E-state index contributed by atoms with van der Waals surface area (Å²) in [6, 6.07) is -0.0957. The van der Waals surface area contributed by atoms with Crippen molar-refractivity contribution in [2.75, 3.05) is 26.2 Å². The molecule has 0 amide bonds. The van der Waals surface area contributed by atoms with Crippen molar-refractivity contribution in [2.24, 2.45) is 7.05 Å². The molecule has 6 heteroatoms. The number of carbonyl (C=O) groups is 1. The van der Waals surface area contributed by atoms with Gasteiger partial charge in [-0.25, -0.2) is 4.98 Å². The number of imidazole rings is 1. The van der Waals surface area contributed by atoms with Crippen LogP contribution in [0.15, 0.2) is 0 Å². The van der Waals surface area contributed by atoms with Crippen LogP contribution in [0.5, 0.6) is 0 Å². The highest BCUT2D eigenvalue weighted by Crippen LogP contribution is 2.26. The third kappa shape index (κ3) is 3.11. The van der Waals surface area contributed by atoms with E-state index in [-0.39, 0.29) is 0 Å². The van der Waals surface area contributed by atoms with Gasteiger partial charge in [-0.3, -0.25) is 14.6 Å². The SMILES string of the molecule is Cc1nc(C)n(C)c1C(C(=O)O)N1CCN(C(C)C)CC1. The predicted octanol–water partition coefficient (Wildman–Crippen LogP) is 1.19. The molecule has 21 heavy (non-hydrogen) atoms. The average molecular weight is 294 g/mol. The molecule has 0 spiro atoms. The monoisotopic (exact) mass is 294 g/mol. The molecule has 0 saturated carbocycles. The Morgan fingerprint density at radius 2 is 1.67 bits per heavy atom. The topological polar surface area (TPSA) is 61.6 Å². The number of piperazine rings is 1. The van der Waals surface area contributed by atoms with Gasteiger partial charge in [-0.2, -0.15) is 0 Å². The summed E-state index contributed by atoms with van der Waals surface area (Å²) in [6.45, 7) is 11.5. The summed E-state index contributed by atoms with van der Waals surface area (Å²) in [7, 11) is 1.89. The van der Waals surface area contributed by atoms with Gasteiger partial charge >= 0.3 is 5.97 Å². The highest BCUT2D eigenvalue weighted by atomic mass is 16.4. The molecule has 0 bridgehead atoms. The molecular formula is C15H26N4O2. The Labute approximate surface area is 126 Å². The van der Waals surface area contributed by atoms with E-state index >= 15 is 0 Å². The minimum absolute atomic E-state index is 0.510. The summed E-state index contributed by atoms with van der Waals surface area (Å²) < 4.78 is 1.91. The van der Waals surface area contributed by atoms with Gasteiger partial charge in [-0.05, 0) is 27.7 Å². The number of aliphatic carboxylic acids is 1. The van der Waals surface area contributed by atoms with E-state index < -0.39 is 12.0 Å². The van der Waals surface area contributed by atoms with Crippen molar-refractivity contribution >= 4 is 5.97 Å². The van der Waals surface area contributed by atoms with E-state index in [0.717, 1.165) is 43.4 Å². The first kappa shape index (κ1) is 16.0. The van der Waals surface area contributed by atoms with E-state index in [2.05, 4.69) is 28.6 Å². The van der Waals surface area contributed by atoms with Crippen molar-refractivity contribution < 1.29 is 9.90 Å². The molecule has 1 unspecified atom stereocenters. The van der Waals surface area contributed by atoms with Gasteiger partial charge in [-0.1, -0.05) is 0 Å². The van der Waals surface area contributed by atoms with E-state index in [1.54, 1.807) is 0 Å². The van der Waals surface area contributed by atoms with Crippen molar-refractivity contribution in [2.45, 2.75) is 39.8 Å². The summed E-state index contributed by atoms with van der Waals surface area (Å²) in [5.74, 6) is 0.0636. The molecule has 1 fully saturated rings. The van der Waals surface area contributed by atoms with Gasteiger partial charge in [0.15, 0.2) is 6.04 Å². The highest BCUT2D eigenvalue weighted by molar-refractivity contribution is 5.75. The fraction of sp³-hybridized carbons (Fsp3) is 0.733. The molecule has 6 nitrogen and oxygen atoms in total. The fourth-order valence-electron chi connectivity index (χ4n) is 3.13. The van der Waals surface area contributed by atoms with E-state index in [1.807, 2.05) is 25.5 Å². The van der Waals surface area contributed by atoms with Crippen molar-refractivity contribution in [1.82, 2.24) is 19.4 Å². The van der Waals surface area contributed by atoms with Crippen molar-refractivity contribution in [1.29, 1.82) is 0 Å². The zero-order valence-electron chi connectivity index (χ0n) is 13.6. The van der Waals surface area contributed by atoms with Gasteiger partial charge in [0.1, 0.15) is 5.82 Å². The van der Waals surface area contributed by atoms with Gasteiger partial charge in [0.05, 0.1) is 11.4 Å². The quantitative estimate of drug-likeness (QED) is 0.904. The zero-order valence-corrected chi connectivity index (χ0v) is 13.6. The molecule has 118 valence electrons. The summed E-state index contributed by atoms with van der Waals surface area (Å²) in [5, 5.41) is 9.72. The fourth-order valence-corrected chi connectivity index (χ4v) is 3.13. The number of hydrogen-bond acceptors (Lipinski definition) is 4. The van der Waals surface area contributed by atoms with Crippen LogP contribution in [-0.2, 0) is 11.8 Å². The maximum Gasteiger partial charge on any atom is 0.327 e. The first-order valence-electron chi connectivity index (χ1n) is 7.53. The lowest BCUT2D eigenvalue weighted by molar-refractivity contribution is -0.144. The molecule has 1 aromatic heterocycles. The lowest BCUT2D eigenvalue weighted by Crippen LogP contribution is -2.51. The van der Waals surface area contributed by atoms with E-state index in [9.17, 15) is 9.90 Å². The van der Waals surface area contributed by atoms with Crippen LogP contribution in [0.25, 0.3) is 0 Å². The van der Waals surface area contributed by atoms with Crippen molar-refractivity contribution in [3.63, 3.8) is 0 Å². The van der Waals surface area contributed by atoms with Crippen LogP contribution < -0.4 is 0 Å². The number of rotatable bonds is 4. The second-order valence-corrected chi connectivity index (χ2v) is 6.10. The van der Waals surface area contributed by atoms with Gasteiger partial charge in [-0.15, -0.1) is 0 Å². The van der Waals surface area contributed by atoms with Crippen LogP contribution in [0.3, 0.4) is 0 Å². The predicted molar refractivity (Wildman–Crippen MR) is 81.3 cm³/mol. The lowest BCUT2D eigenvalue weighted by atomic mass is 10.1. The van der Waals surface area contributed by atoms with Crippen LogP contribution in [0.1, 0.15) is 37.1 Å². The maximum absolute atomic E-state index is 11.8. The van der Waals surface area contributed by atoms with E-state index in [0.29, 0.717) is 6.04 Å². The Morgan fingerprint density at radius 3 is 2.05 bits per heavy atom. The molecule has 2 heterocycles. The molecule has 1 N–H and O–H groups in total. The van der Waals surface area contributed by atoms with Crippen LogP contribution in [-0.4, -0.2) is 62.6 Å². The van der Waals surface area contributed by atoms with Gasteiger partial charge < -0.3 is 9.67 Å². The largest absolute Gasteiger partial charge is 0.480 e. The molecule has 0 aromatic carbocycles. The Morgan fingerprint density at radius 1 is 1.14 bits per heavy atom. The Hall–Kier alpha value is -1.40. The molecule has 0 aliphatic carbocycles. The summed E-state index contributed by atoms with van der Waals surface area (Å²) in [6.07, 6.45) is 0. The van der Waals surface area contributed by atoms with Gasteiger partial charge in [0, 0.05) is 39.3 Å². The second kappa shape index (κ2) is 6.15. The van der Waals surface area contributed by atoms with Crippen LogP contribution in [0, 0.1) is 13.8 Å². The van der Waals surface area contributed by atoms with Crippen LogP contribution in [0.4, 0.5) is 0 Å². The second-order valence-electron chi connectivity index (χ2n) is 6.10. The smallest absolute Gasteiger partial charge is 0.327 e. The molecule has 1 atom stereocenters. The molecule has 1 aliphatic heterocycles. The number of carboxylic acid groups (broad SMARTS) is 1. The Balaban J connectivity index is 2.23. The van der Waals surface area contributed by atoms with Crippen LogP contribution in [0.2, 0.25) is 0 Å². The zero-order chi connectivity index (χ0) is 15.7. The van der Waals surface area contributed by atoms with Gasteiger partial charge in [0.25, 0.3) is 0 Å². The molecule has 0 radical (unpaired) electrons. The van der Waals surface area contributed by atoms with E-state index in [1.165, 1.54) is 0 Å². The molecule has 2 rings (SSSR count). The first-order chi connectivity index (χ1) is 9.82. The maximum atomic E-state index is 11.8. The average Bonchev–Trinajstić information content (AvgIpc) is 2.66.